The molecule has 2 aromatic carbocycles. The maximum Gasteiger partial charge on any atom is 0.253 e. The fraction of sp³-hybridized carbons (Fsp3) is 0.316. The van der Waals surface area contributed by atoms with Crippen LogP contribution in [0.4, 0.5) is 5.69 Å². The lowest BCUT2D eigenvalue weighted by Crippen LogP contribution is -2.48. The van der Waals surface area contributed by atoms with Gasteiger partial charge in [-0.25, -0.2) is 0 Å². The molecule has 0 aromatic heterocycles. The number of amides is 1. The number of aryl methyl sites for hydroxylation is 2. The molecule has 0 atom stereocenters. The maximum absolute atomic E-state index is 12.7. The van der Waals surface area contributed by atoms with E-state index in [1.165, 1.54) is 0 Å². The largest absolute Gasteiger partial charge is 0.508 e. The van der Waals surface area contributed by atoms with E-state index in [-0.39, 0.29) is 11.7 Å². The molecule has 2 aromatic rings. The highest BCUT2D eigenvalue weighted by atomic mass is 16.3. The third-order valence-electron chi connectivity index (χ3n) is 4.25. The van der Waals surface area contributed by atoms with Gasteiger partial charge in [0.15, 0.2) is 0 Å². The number of phenols is 1. The predicted octanol–water partition coefficient (Wildman–Crippen LogP) is 2.97. The molecule has 0 unspecified atom stereocenters. The van der Waals surface area contributed by atoms with Crippen LogP contribution >= 0.6 is 0 Å². The molecule has 1 amide bonds. The van der Waals surface area contributed by atoms with E-state index in [0.29, 0.717) is 13.1 Å². The van der Waals surface area contributed by atoms with E-state index in [4.69, 9.17) is 0 Å². The summed E-state index contributed by atoms with van der Waals surface area (Å²) in [7, 11) is 0. The molecule has 0 bridgehead atoms. The van der Waals surface area contributed by atoms with Crippen LogP contribution in [-0.2, 0) is 0 Å². The van der Waals surface area contributed by atoms with Crippen LogP contribution in [0.5, 0.6) is 5.75 Å². The minimum atomic E-state index is 0.113. The van der Waals surface area contributed by atoms with Crippen molar-refractivity contribution in [3.63, 3.8) is 0 Å². The summed E-state index contributed by atoms with van der Waals surface area (Å²) in [6.45, 7) is 7.08. The molecule has 1 aliphatic heterocycles. The molecule has 1 aliphatic rings. The zero-order valence-corrected chi connectivity index (χ0v) is 13.6. The van der Waals surface area contributed by atoms with Crippen LogP contribution in [0.25, 0.3) is 0 Å². The maximum atomic E-state index is 12.7. The standard InChI is InChI=1S/C19H22N2O2/c1-14-11-15(2)13-16(12-14)19(23)21-9-7-20(8-10-21)17-3-5-18(22)6-4-17/h3-6,11-13,22H,7-10H2,1-2H3. The van der Waals surface area contributed by atoms with Gasteiger partial charge >= 0.3 is 0 Å². The number of hydrogen-bond acceptors (Lipinski definition) is 3. The Morgan fingerprint density at radius 1 is 0.913 bits per heavy atom. The summed E-state index contributed by atoms with van der Waals surface area (Å²) in [5, 5.41) is 9.37. The molecule has 3 rings (SSSR count). The van der Waals surface area contributed by atoms with Gasteiger partial charge in [0.05, 0.1) is 0 Å². The number of carbonyl (C=O) groups excluding carboxylic acids is 1. The summed E-state index contributed by atoms with van der Waals surface area (Å²) < 4.78 is 0. The van der Waals surface area contributed by atoms with E-state index >= 15 is 0 Å². The van der Waals surface area contributed by atoms with Crippen LogP contribution in [-0.4, -0.2) is 42.1 Å². The number of hydrogen-bond donors (Lipinski definition) is 1. The van der Waals surface area contributed by atoms with Crippen molar-refractivity contribution in [1.29, 1.82) is 0 Å². The third-order valence-corrected chi connectivity index (χ3v) is 4.25. The minimum absolute atomic E-state index is 0.113. The molecule has 0 spiro atoms. The first kappa shape index (κ1) is 15.4. The number of anilines is 1. The average Bonchev–Trinajstić information content (AvgIpc) is 2.54. The number of carbonyl (C=O) groups is 1. The van der Waals surface area contributed by atoms with E-state index in [1.807, 2.05) is 43.0 Å². The van der Waals surface area contributed by atoms with E-state index in [0.717, 1.165) is 35.5 Å². The predicted molar refractivity (Wildman–Crippen MR) is 92.1 cm³/mol. The van der Waals surface area contributed by atoms with Crippen molar-refractivity contribution in [2.45, 2.75) is 13.8 Å². The summed E-state index contributed by atoms with van der Waals surface area (Å²) in [6.07, 6.45) is 0. The van der Waals surface area contributed by atoms with Crippen LogP contribution in [0.3, 0.4) is 0 Å². The van der Waals surface area contributed by atoms with E-state index in [9.17, 15) is 9.90 Å². The van der Waals surface area contributed by atoms with Gasteiger partial charge in [0.25, 0.3) is 5.91 Å². The highest BCUT2D eigenvalue weighted by molar-refractivity contribution is 5.94. The molecule has 1 fully saturated rings. The molecule has 120 valence electrons. The Kier molecular flexibility index (Phi) is 4.24. The zero-order valence-electron chi connectivity index (χ0n) is 13.6. The third kappa shape index (κ3) is 3.47. The lowest BCUT2D eigenvalue weighted by Gasteiger charge is -2.36. The number of piperazine rings is 1. The van der Waals surface area contributed by atoms with Crippen LogP contribution in [0.1, 0.15) is 21.5 Å². The fourth-order valence-electron chi connectivity index (χ4n) is 3.11. The Balaban J connectivity index is 1.66. The quantitative estimate of drug-likeness (QED) is 0.927. The van der Waals surface area contributed by atoms with Crippen molar-refractivity contribution in [1.82, 2.24) is 4.90 Å². The van der Waals surface area contributed by atoms with Crippen molar-refractivity contribution in [2.75, 3.05) is 31.1 Å². The Morgan fingerprint density at radius 2 is 1.48 bits per heavy atom. The summed E-state index contributed by atoms with van der Waals surface area (Å²) in [5.74, 6) is 0.388. The number of nitrogens with zero attached hydrogens (tertiary/aromatic N) is 2. The number of aromatic hydroxyl groups is 1. The van der Waals surface area contributed by atoms with Crippen molar-refractivity contribution >= 4 is 11.6 Å². The van der Waals surface area contributed by atoms with Gasteiger partial charge in [-0.1, -0.05) is 17.2 Å². The zero-order chi connectivity index (χ0) is 16.4. The topological polar surface area (TPSA) is 43.8 Å². The van der Waals surface area contributed by atoms with Crippen molar-refractivity contribution < 1.29 is 9.90 Å². The Bertz CT molecular complexity index is 682. The molecule has 1 saturated heterocycles. The van der Waals surface area contributed by atoms with E-state index in [1.54, 1.807) is 12.1 Å². The molecule has 0 aliphatic carbocycles. The van der Waals surface area contributed by atoms with Gasteiger partial charge in [-0.3, -0.25) is 4.79 Å². The van der Waals surface area contributed by atoms with Gasteiger partial charge in [0.2, 0.25) is 0 Å². The molecular weight excluding hydrogens is 288 g/mol. The second kappa shape index (κ2) is 6.32. The Morgan fingerprint density at radius 3 is 2.04 bits per heavy atom. The molecule has 0 radical (unpaired) electrons. The van der Waals surface area contributed by atoms with Gasteiger partial charge in [0.1, 0.15) is 5.75 Å². The summed E-state index contributed by atoms with van der Waals surface area (Å²) >= 11 is 0. The van der Waals surface area contributed by atoms with Crippen LogP contribution < -0.4 is 4.90 Å². The van der Waals surface area contributed by atoms with Gasteiger partial charge in [-0.05, 0) is 50.2 Å². The smallest absolute Gasteiger partial charge is 0.253 e. The highest BCUT2D eigenvalue weighted by Gasteiger charge is 2.22. The summed E-state index contributed by atoms with van der Waals surface area (Å²) in [5.41, 5.74) is 4.11. The first-order chi connectivity index (χ1) is 11.0. The second-order valence-electron chi connectivity index (χ2n) is 6.17. The lowest BCUT2D eigenvalue weighted by atomic mass is 10.1. The van der Waals surface area contributed by atoms with Crippen LogP contribution in [0.15, 0.2) is 42.5 Å². The number of phenolic OH excluding ortho intramolecular Hbond substituents is 1. The molecule has 1 heterocycles. The second-order valence-corrected chi connectivity index (χ2v) is 6.17. The lowest BCUT2D eigenvalue weighted by molar-refractivity contribution is 0.0746. The normalized spacial score (nSPS) is 14.9. The number of benzene rings is 2. The van der Waals surface area contributed by atoms with E-state index < -0.39 is 0 Å². The van der Waals surface area contributed by atoms with Crippen molar-refractivity contribution in [3.05, 3.63) is 59.2 Å². The van der Waals surface area contributed by atoms with Gasteiger partial charge in [0, 0.05) is 37.4 Å². The molecule has 4 heteroatoms. The van der Waals surface area contributed by atoms with Gasteiger partial charge in [-0.15, -0.1) is 0 Å². The number of rotatable bonds is 2. The minimum Gasteiger partial charge on any atom is -0.508 e. The summed E-state index contributed by atoms with van der Waals surface area (Å²) in [6, 6.07) is 13.2. The van der Waals surface area contributed by atoms with Crippen LogP contribution in [0.2, 0.25) is 0 Å². The fourth-order valence-corrected chi connectivity index (χ4v) is 3.11. The monoisotopic (exact) mass is 310 g/mol. The average molecular weight is 310 g/mol. The van der Waals surface area contributed by atoms with Crippen molar-refractivity contribution in [3.8, 4) is 5.75 Å². The first-order valence-electron chi connectivity index (χ1n) is 7.94. The van der Waals surface area contributed by atoms with Crippen LogP contribution in [0, 0.1) is 13.8 Å². The molecule has 1 N–H and O–H groups in total. The molecular formula is C19H22N2O2. The molecule has 0 saturated carbocycles. The van der Waals surface area contributed by atoms with Gasteiger partial charge in [-0.2, -0.15) is 0 Å². The highest BCUT2D eigenvalue weighted by Crippen LogP contribution is 2.20. The summed E-state index contributed by atoms with van der Waals surface area (Å²) in [4.78, 5) is 16.8. The SMILES string of the molecule is Cc1cc(C)cc(C(=O)N2CCN(c3ccc(O)cc3)CC2)c1. The first-order valence-corrected chi connectivity index (χ1v) is 7.94. The Labute approximate surface area is 137 Å². The van der Waals surface area contributed by atoms with Crippen molar-refractivity contribution in [2.24, 2.45) is 0 Å². The van der Waals surface area contributed by atoms with Gasteiger partial charge < -0.3 is 14.9 Å². The molecule has 4 nitrogen and oxygen atoms in total. The molecule has 23 heavy (non-hydrogen) atoms. The van der Waals surface area contributed by atoms with E-state index in [2.05, 4.69) is 11.0 Å². The Hall–Kier alpha value is -2.49.